The molecule has 2 fully saturated rings. The molecule has 1 amide bonds. The first kappa shape index (κ1) is 14.4. The van der Waals surface area contributed by atoms with E-state index in [1.165, 1.54) is 0 Å². The van der Waals surface area contributed by atoms with Crippen LogP contribution in [0.1, 0.15) is 39.4 Å². The van der Waals surface area contributed by atoms with Crippen LogP contribution >= 0.6 is 0 Å². The molecule has 6 heteroatoms. The van der Waals surface area contributed by atoms with Gasteiger partial charge >= 0.3 is 6.09 Å². The van der Waals surface area contributed by atoms with Crippen molar-refractivity contribution >= 4 is 6.09 Å². The van der Waals surface area contributed by atoms with Gasteiger partial charge in [-0.2, -0.15) is 5.10 Å². The summed E-state index contributed by atoms with van der Waals surface area (Å²) in [6.07, 6.45) is 1.58. The SMILES string of the molecule is CC(NC1C2CN(C(=O)OC(C)(C)C)CC21)c1ccn[nH]1. The Labute approximate surface area is 125 Å². The maximum Gasteiger partial charge on any atom is 0.410 e. The first-order valence-corrected chi connectivity index (χ1v) is 7.58. The quantitative estimate of drug-likeness (QED) is 0.893. The van der Waals surface area contributed by atoms with E-state index in [9.17, 15) is 4.79 Å². The van der Waals surface area contributed by atoms with Gasteiger partial charge in [-0.3, -0.25) is 5.10 Å². The van der Waals surface area contributed by atoms with Crippen LogP contribution < -0.4 is 5.32 Å². The van der Waals surface area contributed by atoms with Gasteiger partial charge in [0, 0.05) is 31.4 Å². The van der Waals surface area contributed by atoms with E-state index in [1.807, 2.05) is 31.7 Å². The summed E-state index contributed by atoms with van der Waals surface area (Å²) in [6.45, 7) is 9.43. The van der Waals surface area contributed by atoms with Crippen molar-refractivity contribution in [1.29, 1.82) is 0 Å². The van der Waals surface area contributed by atoms with Crippen molar-refractivity contribution in [3.8, 4) is 0 Å². The number of rotatable bonds is 3. The third-order valence-corrected chi connectivity index (χ3v) is 4.28. The number of fused-ring (bicyclic) bond motifs is 1. The number of H-pyrrole nitrogens is 1. The lowest BCUT2D eigenvalue weighted by Crippen LogP contribution is -2.39. The van der Waals surface area contributed by atoms with Crippen molar-refractivity contribution in [2.75, 3.05) is 13.1 Å². The van der Waals surface area contributed by atoms with E-state index in [-0.39, 0.29) is 12.1 Å². The van der Waals surface area contributed by atoms with Gasteiger partial charge in [0.1, 0.15) is 5.60 Å². The van der Waals surface area contributed by atoms with E-state index in [1.54, 1.807) is 6.20 Å². The Hall–Kier alpha value is -1.56. The van der Waals surface area contributed by atoms with E-state index >= 15 is 0 Å². The van der Waals surface area contributed by atoms with Crippen LogP contribution in [0.5, 0.6) is 0 Å². The third kappa shape index (κ3) is 3.05. The highest BCUT2D eigenvalue weighted by Gasteiger charge is 2.57. The molecule has 0 bridgehead atoms. The molecule has 3 rings (SSSR count). The average molecular weight is 292 g/mol. The number of piperidine rings is 1. The molecule has 1 aliphatic carbocycles. The highest BCUT2D eigenvalue weighted by atomic mass is 16.6. The van der Waals surface area contributed by atoms with Gasteiger partial charge in [-0.15, -0.1) is 0 Å². The van der Waals surface area contributed by atoms with Gasteiger partial charge in [-0.05, 0) is 45.6 Å². The molecule has 1 aliphatic heterocycles. The molecule has 116 valence electrons. The molecule has 21 heavy (non-hydrogen) atoms. The lowest BCUT2D eigenvalue weighted by molar-refractivity contribution is 0.0268. The van der Waals surface area contributed by atoms with Crippen LogP contribution in [0.2, 0.25) is 0 Å². The molecule has 3 unspecified atom stereocenters. The molecule has 0 aromatic carbocycles. The van der Waals surface area contributed by atoms with Crippen molar-refractivity contribution in [1.82, 2.24) is 20.4 Å². The van der Waals surface area contributed by atoms with Crippen molar-refractivity contribution in [3.63, 3.8) is 0 Å². The number of hydrogen-bond acceptors (Lipinski definition) is 4. The standard InChI is InChI=1S/C15H24N4O2/c1-9(12-5-6-16-18-12)17-13-10-7-19(8-11(10)13)14(20)21-15(2,3)4/h5-6,9-11,13,17H,7-8H2,1-4H3,(H,16,18). The molecule has 1 saturated heterocycles. The predicted molar refractivity (Wildman–Crippen MR) is 78.7 cm³/mol. The van der Waals surface area contributed by atoms with Crippen LogP contribution in [-0.4, -0.2) is 45.9 Å². The number of carbonyl (C=O) groups is 1. The van der Waals surface area contributed by atoms with Crippen LogP contribution in [0.4, 0.5) is 4.79 Å². The Morgan fingerprint density at radius 2 is 2.14 bits per heavy atom. The molecule has 1 aromatic heterocycles. The Morgan fingerprint density at radius 1 is 1.48 bits per heavy atom. The summed E-state index contributed by atoms with van der Waals surface area (Å²) in [5.74, 6) is 1.12. The predicted octanol–water partition coefficient (Wildman–Crippen LogP) is 1.93. The summed E-state index contributed by atoms with van der Waals surface area (Å²) in [6, 6.07) is 2.75. The summed E-state index contributed by atoms with van der Waals surface area (Å²) in [4.78, 5) is 13.8. The zero-order valence-corrected chi connectivity index (χ0v) is 13.1. The number of aromatic amines is 1. The summed E-state index contributed by atoms with van der Waals surface area (Å²) in [5.41, 5.74) is 0.681. The second kappa shape index (κ2) is 5.02. The second-order valence-corrected chi connectivity index (χ2v) is 7.14. The van der Waals surface area contributed by atoms with Gasteiger partial charge in [-0.1, -0.05) is 0 Å². The molecule has 3 atom stereocenters. The summed E-state index contributed by atoms with van der Waals surface area (Å²) in [5, 5.41) is 10.6. The zero-order chi connectivity index (χ0) is 15.2. The van der Waals surface area contributed by atoms with E-state index < -0.39 is 5.60 Å². The van der Waals surface area contributed by atoms with Crippen molar-refractivity contribution in [3.05, 3.63) is 18.0 Å². The Kier molecular flexibility index (Phi) is 3.43. The largest absolute Gasteiger partial charge is 0.444 e. The zero-order valence-electron chi connectivity index (χ0n) is 13.1. The minimum atomic E-state index is -0.420. The van der Waals surface area contributed by atoms with Crippen LogP contribution in [-0.2, 0) is 4.74 Å². The van der Waals surface area contributed by atoms with Crippen molar-refractivity contribution in [2.24, 2.45) is 11.8 Å². The number of amides is 1. The smallest absolute Gasteiger partial charge is 0.410 e. The lowest BCUT2D eigenvalue weighted by atomic mass is 10.2. The van der Waals surface area contributed by atoms with Crippen LogP contribution in [0.25, 0.3) is 0 Å². The van der Waals surface area contributed by atoms with Gasteiger partial charge in [0.05, 0.1) is 5.69 Å². The van der Waals surface area contributed by atoms with Gasteiger partial charge in [-0.25, -0.2) is 4.79 Å². The number of hydrogen-bond donors (Lipinski definition) is 2. The fraction of sp³-hybridized carbons (Fsp3) is 0.733. The molecular formula is C15H24N4O2. The lowest BCUT2D eigenvalue weighted by Gasteiger charge is -2.26. The van der Waals surface area contributed by atoms with Crippen molar-refractivity contribution < 1.29 is 9.53 Å². The molecule has 2 heterocycles. The van der Waals surface area contributed by atoms with E-state index in [2.05, 4.69) is 22.4 Å². The number of ether oxygens (including phenoxy) is 1. The number of aromatic nitrogens is 2. The average Bonchev–Trinajstić information content (AvgIpc) is 2.87. The molecule has 1 saturated carbocycles. The van der Waals surface area contributed by atoms with E-state index in [0.29, 0.717) is 17.9 Å². The summed E-state index contributed by atoms with van der Waals surface area (Å²) >= 11 is 0. The Bertz CT molecular complexity index is 496. The summed E-state index contributed by atoms with van der Waals surface area (Å²) < 4.78 is 5.42. The highest BCUT2D eigenvalue weighted by Crippen LogP contribution is 2.46. The molecule has 2 N–H and O–H groups in total. The first-order chi connectivity index (χ1) is 9.85. The monoisotopic (exact) mass is 292 g/mol. The number of nitrogens with one attached hydrogen (secondary N) is 2. The van der Waals surface area contributed by atoms with Crippen LogP contribution in [0.3, 0.4) is 0 Å². The highest BCUT2D eigenvalue weighted by molar-refractivity contribution is 5.69. The van der Waals surface area contributed by atoms with E-state index in [0.717, 1.165) is 18.8 Å². The minimum Gasteiger partial charge on any atom is -0.444 e. The van der Waals surface area contributed by atoms with E-state index in [4.69, 9.17) is 4.74 Å². The molecule has 2 aliphatic rings. The van der Waals surface area contributed by atoms with Gasteiger partial charge in [0.2, 0.25) is 0 Å². The summed E-state index contributed by atoms with van der Waals surface area (Å²) in [7, 11) is 0. The molecule has 0 spiro atoms. The fourth-order valence-electron chi connectivity index (χ4n) is 3.14. The fourth-order valence-corrected chi connectivity index (χ4v) is 3.14. The number of likely N-dealkylation sites (tertiary alicyclic amines) is 1. The number of nitrogens with zero attached hydrogens (tertiary/aromatic N) is 2. The third-order valence-electron chi connectivity index (χ3n) is 4.28. The topological polar surface area (TPSA) is 70.2 Å². The maximum absolute atomic E-state index is 12.0. The maximum atomic E-state index is 12.0. The Balaban J connectivity index is 1.47. The van der Waals surface area contributed by atoms with Gasteiger partial charge in [0.15, 0.2) is 0 Å². The van der Waals surface area contributed by atoms with Gasteiger partial charge < -0.3 is 15.0 Å². The molecule has 0 radical (unpaired) electrons. The second-order valence-electron chi connectivity index (χ2n) is 7.14. The molecule has 6 nitrogen and oxygen atoms in total. The Morgan fingerprint density at radius 3 is 2.67 bits per heavy atom. The van der Waals surface area contributed by atoms with Crippen LogP contribution in [0.15, 0.2) is 12.3 Å². The number of carbonyl (C=O) groups excluding carboxylic acids is 1. The molecule has 1 aromatic rings. The first-order valence-electron chi connectivity index (χ1n) is 7.58. The minimum absolute atomic E-state index is 0.185. The van der Waals surface area contributed by atoms with Gasteiger partial charge in [0.25, 0.3) is 0 Å². The van der Waals surface area contributed by atoms with Crippen LogP contribution in [0, 0.1) is 11.8 Å². The normalized spacial score (nSPS) is 29.1. The molecular weight excluding hydrogens is 268 g/mol. The van der Waals surface area contributed by atoms with Crippen molar-refractivity contribution in [2.45, 2.75) is 45.4 Å².